The lowest BCUT2D eigenvalue weighted by Crippen LogP contribution is -2.24. The summed E-state index contributed by atoms with van der Waals surface area (Å²) in [4.78, 5) is 0. The largest absolute Gasteiger partial charge is 0.319 e. The molecule has 4 nitrogen and oxygen atoms in total. The average molecular weight is 358 g/mol. The van der Waals surface area contributed by atoms with Crippen LogP contribution in [0.1, 0.15) is 0 Å². The van der Waals surface area contributed by atoms with Crippen LogP contribution in [0.25, 0.3) is 0 Å². The van der Waals surface area contributed by atoms with Gasteiger partial charge < -0.3 is 5.32 Å². The summed E-state index contributed by atoms with van der Waals surface area (Å²) < 4.78 is 38.8. The maximum absolute atomic E-state index is 12.8. The van der Waals surface area contributed by atoms with Crippen LogP contribution in [0.3, 0.4) is 0 Å². The monoisotopic (exact) mass is 358 g/mol. The molecule has 0 heterocycles. The predicted octanol–water partition coefficient (Wildman–Crippen LogP) is 1.39. The van der Waals surface area contributed by atoms with Crippen molar-refractivity contribution in [2.75, 3.05) is 24.1 Å². The fourth-order valence-electron chi connectivity index (χ4n) is 1.03. The van der Waals surface area contributed by atoms with Gasteiger partial charge in [-0.05, 0) is 47.8 Å². The highest BCUT2D eigenvalue weighted by Gasteiger charge is 2.11. The molecule has 1 rings (SSSR count). The minimum atomic E-state index is -3.37. The molecule has 1 aromatic carbocycles. The number of sulfonamides is 1. The van der Waals surface area contributed by atoms with Crippen LogP contribution in [-0.2, 0) is 10.0 Å². The minimum absolute atomic E-state index is 0.0169. The van der Waals surface area contributed by atoms with Gasteiger partial charge in [-0.1, -0.05) is 0 Å². The molecule has 0 aliphatic carbocycles. The Morgan fingerprint density at radius 1 is 1.44 bits per heavy atom. The van der Waals surface area contributed by atoms with Crippen molar-refractivity contribution in [3.8, 4) is 0 Å². The summed E-state index contributed by atoms with van der Waals surface area (Å²) in [5, 5.41) is 2.75. The Kier molecular flexibility index (Phi) is 4.93. The number of anilines is 1. The fraction of sp³-hybridized carbons (Fsp3) is 0.333. The lowest BCUT2D eigenvalue weighted by molar-refractivity contribution is 0.598. The second kappa shape index (κ2) is 5.78. The van der Waals surface area contributed by atoms with Crippen molar-refractivity contribution in [2.24, 2.45) is 0 Å². The molecule has 0 spiro atoms. The highest BCUT2D eigenvalue weighted by atomic mass is 127. The highest BCUT2D eigenvalue weighted by Crippen LogP contribution is 2.20. The molecule has 1 aromatic rings. The molecule has 90 valence electrons. The Labute approximate surface area is 108 Å². The van der Waals surface area contributed by atoms with Gasteiger partial charge in [0, 0.05) is 10.1 Å². The first-order valence-corrected chi connectivity index (χ1v) is 7.28. The van der Waals surface area contributed by atoms with Crippen molar-refractivity contribution < 1.29 is 12.8 Å². The number of halogens is 2. The zero-order valence-corrected chi connectivity index (χ0v) is 11.6. The predicted molar refractivity (Wildman–Crippen MR) is 70.5 cm³/mol. The van der Waals surface area contributed by atoms with Gasteiger partial charge in [0.2, 0.25) is 10.0 Å². The molecule has 0 saturated heterocycles. The molecule has 0 aliphatic rings. The van der Waals surface area contributed by atoms with E-state index in [0.717, 1.165) is 0 Å². The molecule has 0 bridgehead atoms. The Morgan fingerprint density at radius 2 is 2.12 bits per heavy atom. The Hall–Kier alpha value is -0.410. The van der Waals surface area contributed by atoms with E-state index in [1.165, 1.54) is 18.2 Å². The lowest BCUT2D eigenvalue weighted by Gasteiger charge is -2.09. The van der Waals surface area contributed by atoms with Crippen LogP contribution in [0.2, 0.25) is 0 Å². The molecule has 7 heteroatoms. The maximum Gasteiger partial charge on any atom is 0.234 e. The van der Waals surface area contributed by atoms with Gasteiger partial charge in [-0.15, -0.1) is 0 Å². The van der Waals surface area contributed by atoms with E-state index in [9.17, 15) is 12.8 Å². The fourth-order valence-corrected chi connectivity index (χ4v) is 2.91. The van der Waals surface area contributed by atoms with Crippen LogP contribution in [-0.4, -0.2) is 27.8 Å². The molecular weight excluding hydrogens is 346 g/mol. The first-order valence-electron chi connectivity index (χ1n) is 4.55. The molecule has 0 aliphatic heterocycles. The summed E-state index contributed by atoms with van der Waals surface area (Å²) >= 11 is 1.88. The van der Waals surface area contributed by atoms with Crippen molar-refractivity contribution in [2.45, 2.75) is 0 Å². The summed E-state index contributed by atoms with van der Waals surface area (Å²) in [6.07, 6.45) is 0. The van der Waals surface area contributed by atoms with Crippen molar-refractivity contribution in [3.63, 3.8) is 0 Å². The van der Waals surface area contributed by atoms with Gasteiger partial charge in [-0.3, -0.25) is 4.72 Å². The van der Waals surface area contributed by atoms with E-state index in [2.05, 4.69) is 10.0 Å². The van der Waals surface area contributed by atoms with E-state index in [-0.39, 0.29) is 11.6 Å². The van der Waals surface area contributed by atoms with Crippen molar-refractivity contribution in [3.05, 3.63) is 27.6 Å². The third kappa shape index (κ3) is 4.22. The standard InChI is InChI=1S/C9H12FIN2O2S/c1-12-4-5-16(14,15)13-9-3-2-7(10)6-8(9)11/h2-3,6,12-13H,4-5H2,1H3. The molecule has 2 N–H and O–H groups in total. The lowest BCUT2D eigenvalue weighted by atomic mass is 10.3. The molecule has 0 radical (unpaired) electrons. The van der Waals surface area contributed by atoms with Gasteiger partial charge in [-0.2, -0.15) is 0 Å². The summed E-state index contributed by atoms with van der Waals surface area (Å²) in [7, 11) is -1.69. The molecule has 16 heavy (non-hydrogen) atoms. The highest BCUT2D eigenvalue weighted by molar-refractivity contribution is 14.1. The first kappa shape index (κ1) is 13.7. The van der Waals surface area contributed by atoms with Gasteiger partial charge >= 0.3 is 0 Å². The van der Waals surface area contributed by atoms with Crippen LogP contribution in [0.5, 0.6) is 0 Å². The van der Waals surface area contributed by atoms with E-state index < -0.39 is 10.0 Å². The van der Waals surface area contributed by atoms with Crippen LogP contribution in [0.15, 0.2) is 18.2 Å². The normalized spacial score (nSPS) is 11.4. The number of benzene rings is 1. The Morgan fingerprint density at radius 3 is 2.69 bits per heavy atom. The maximum atomic E-state index is 12.8. The van der Waals surface area contributed by atoms with Crippen molar-refractivity contribution >= 4 is 38.3 Å². The van der Waals surface area contributed by atoms with Crippen LogP contribution in [0.4, 0.5) is 10.1 Å². The zero-order valence-electron chi connectivity index (χ0n) is 8.63. The first-order chi connectivity index (χ1) is 7.44. The third-order valence-electron chi connectivity index (χ3n) is 1.82. The van der Waals surface area contributed by atoms with E-state index >= 15 is 0 Å². The van der Waals surface area contributed by atoms with Gasteiger partial charge in [0.1, 0.15) is 5.82 Å². The van der Waals surface area contributed by atoms with Crippen molar-refractivity contribution in [1.29, 1.82) is 0 Å². The van der Waals surface area contributed by atoms with Gasteiger partial charge in [0.25, 0.3) is 0 Å². The van der Waals surface area contributed by atoms with Gasteiger partial charge in [-0.25, -0.2) is 12.8 Å². The smallest absolute Gasteiger partial charge is 0.234 e. The van der Waals surface area contributed by atoms with Gasteiger partial charge in [0.15, 0.2) is 0 Å². The Balaban J connectivity index is 2.80. The van der Waals surface area contributed by atoms with E-state index in [1.54, 1.807) is 7.05 Å². The van der Waals surface area contributed by atoms with Crippen LogP contribution < -0.4 is 10.0 Å². The number of hydrogen-bond acceptors (Lipinski definition) is 3. The van der Waals surface area contributed by atoms with E-state index in [4.69, 9.17) is 0 Å². The molecule has 0 amide bonds. The number of nitrogens with one attached hydrogen (secondary N) is 2. The van der Waals surface area contributed by atoms with Gasteiger partial charge in [0.05, 0.1) is 11.4 Å². The SMILES string of the molecule is CNCCS(=O)(=O)Nc1ccc(F)cc1I. The molecule has 0 unspecified atom stereocenters. The summed E-state index contributed by atoms with van der Waals surface area (Å²) in [5.41, 5.74) is 0.401. The summed E-state index contributed by atoms with van der Waals surface area (Å²) in [5.74, 6) is -0.403. The van der Waals surface area contributed by atoms with Crippen molar-refractivity contribution in [1.82, 2.24) is 5.32 Å². The average Bonchev–Trinajstić information content (AvgIpc) is 2.19. The van der Waals surface area contributed by atoms with E-state index in [0.29, 0.717) is 15.8 Å². The molecule has 0 saturated carbocycles. The molecule has 0 aromatic heterocycles. The second-order valence-electron chi connectivity index (χ2n) is 3.15. The topological polar surface area (TPSA) is 58.2 Å². The molecular formula is C9H12FIN2O2S. The number of hydrogen-bond donors (Lipinski definition) is 2. The van der Waals surface area contributed by atoms with Crippen LogP contribution in [0, 0.1) is 9.39 Å². The van der Waals surface area contributed by atoms with Crippen LogP contribution >= 0.6 is 22.6 Å². The van der Waals surface area contributed by atoms with E-state index in [1.807, 2.05) is 22.6 Å². The Bertz CT molecular complexity index is 465. The molecule has 0 atom stereocenters. The zero-order chi connectivity index (χ0) is 12.2. The summed E-state index contributed by atoms with van der Waals surface area (Å²) in [6, 6.07) is 3.91. The third-order valence-corrected chi connectivity index (χ3v) is 3.98. The second-order valence-corrected chi connectivity index (χ2v) is 6.15. The quantitative estimate of drug-likeness (QED) is 0.783. The summed E-state index contributed by atoms with van der Waals surface area (Å²) in [6.45, 7) is 0.368. The molecule has 0 fully saturated rings. The minimum Gasteiger partial charge on any atom is -0.319 e. The number of rotatable bonds is 5.